The topological polar surface area (TPSA) is 46.5 Å². The third kappa shape index (κ3) is 1.99. The molecule has 0 fully saturated rings. The monoisotopic (exact) mass is 210 g/mol. The first kappa shape index (κ1) is 10.1. The van der Waals surface area contributed by atoms with Gasteiger partial charge in [0.1, 0.15) is 23.8 Å². The molecule has 1 aliphatic heterocycles. The molecular formula is C11H11FO3. The van der Waals surface area contributed by atoms with Gasteiger partial charge in [-0.15, -0.1) is 0 Å². The molecular weight excluding hydrogens is 199 g/mol. The standard InChI is InChI=1S/C11H11FO3/c12-8-2-4-10-7(5-8)1-3-11(15-10)9(14)6-13/h2,4-6,9,11,14H,1,3H2/t9-,11+/m1/s1. The molecule has 1 aromatic carbocycles. The smallest absolute Gasteiger partial charge is 0.152 e. The number of aliphatic hydroxyl groups excluding tert-OH is 1. The summed E-state index contributed by atoms with van der Waals surface area (Å²) in [7, 11) is 0. The summed E-state index contributed by atoms with van der Waals surface area (Å²) in [6, 6.07) is 4.24. The second-order valence-corrected chi connectivity index (χ2v) is 3.57. The van der Waals surface area contributed by atoms with E-state index in [2.05, 4.69) is 0 Å². The number of hydrogen-bond donors (Lipinski definition) is 1. The maximum Gasteiger partial charge on any atom is 0.152 e. The minimum Gasteiger partial charge on any atom is -0.487 e. The maximum absolute atomic E-state index is 12.9. The molecule has 0 spiro atoms. The van der Waals surface area contributed by atoms with Crippen LogP contribution in [0.5, 0.6) is 5.75 Å². The van der Waals surface area contributed by atoms with E-state index in [-0.39, 0.29) is 5.82 Å². The summed E-state index contributed by atoms with van der Waals surface area (Å²) in [6.07, 6.45) is -0.0262. The number of ether oxygens (including phenoxy) is 1. The SMILES string of the molecule is O=C[C@@H](O)[C@@H]1CCc2cc(F)ccc2O1. The first-order valence-corrected chi connectivity index (χ1v) is 4.79. The van der Waals surface area contributed by atoms with Crippen molar-refractivity contribution in [3.8, 4) is 5.75 Å². The molecule has 0 bridgehead atoms. The minimum atomic E-state index is -1.11. The van der Waals surface area contributed by atoms with Gasteiger partial charge in [-0.25, -0.2) is 4.39 Å². The molecule has 1 aliphatic rings. The van der Waals surface area contributed by atoms with Crippen molar-refractivity contribution in [2.45, 2.75) is 25.0 Å². The summed E-state index contributed by atoms with van der Waals surface area (Å²) in [6.45, 7) is 0. The lowest BCUT2D eigenvalue weighted by Gasteiger charge is -2.27. The van der Waals surface area contributed by atoms with Crippen molar-refractivity contribution in [1.29, 1.82) is 0 Å². The van der Waals surface area contributed by atoms with Gasteiger partial charge in [0.2, 0.25) is 0 Å². The van der Waals surface area contributed by atoms with Crippen molar-refractivity contribution >= 4 is 6.29 Å². The zero-order valence-corrected chi connectivity index (χ0v) is 8.02. The van der Waals surface area contributed by atoms with E-state index in [1.165, 1.54) is 18.2 Å². The molecule has 15 heavy (non-hydrogen) atoms. The summed E-state index contributed by atoms with van der Waals surface area (Å²) >= 11 is 0. The third-order valence-corrected chi connectivity index (χ3v) is 2.52. The highest BCUT2D eigenvalue weighted by Crippen LogP contribution is 2.28. The lowest BCUT2D eigenvalue weighted by atomic mass is 9.99. The van der Waals surface area contributed by atoms with Gasteiger partial charge >= 0.3 is 0 Å². The molecule has 0 radical (unpaired) electrons. The van der Waals surface area contributed by atoms with Crippen molar-refractivity contribution in [2.75, 3.05) is 0 Å². The highest BCUT2D eigenvalue weighted by atomic mass is 19.1. The number of hydrogen-bond acceptors (Lipinski definition) is 3. The molecule has 0 saturated heterocycles. The number of benzene rings is 1. The highest BCUT2D eigenvalue weighted by Gasteiger charge is 2.25. The Morgan fingerprint density at radius 1 is 1.60 bits per heavy atom. The van der Waals surface area contributed by atoms with E-state index in [9.17, 15) is 14.3 Å². The fourth-order valence-electron chi connectivity index (χ4n) is 1.71. The number of carbonyl (C=O) groups excluding carboxylic acids is 1. The normalized spacial score (nSPS) is 21.3. The number of fused-ring (bicyclic) bond motifs is 1. The molecule has 2 atom stereocenters. The Morgan fingerprint density at radius 3 is 3.13 bits per heavy atom. The van der Waals surface area contributed by atoms with E-state index >= 15 is 0 Å². The number of rotatable bonds is 2. The molecule has 0 saturated carbocycles. The Labute approximate surface area is 86.5 Å². The summed E-state index contributed by atoms with van der Waals surface area (Å²) in [5.41, 5.74) is 0.782. The zero-order chi connectivity index (χ0) is 10.8. The quantitative estimate of drug-likeness (QED) is 0.743. The van der Waals surface area contributed by atoms with Crippen molar-refractivity contribution in [1.82, 2.24) is 0 Å². The highest BCUT2D eigenvalue weighted by molar-refractivity contribution is 5.57. The summed E-state index contributed by atoms with van der Waals surface area (Å²) < 4.78 is 18.2. The van der Waals surface area contributed by atoms with Gasteiger partial charge in [0.25, 0.3) is 0 Å². The van der Waals surface area contributed by atoms with Crippen LogP contribution < -0.4 is 4.74 Å². The molecule has 1 heterocycles. The van der Waals surface area contributed by atoms with Gasteiger partial charge < -0.3 is 14.6 Å². The Hall–Kier alpha value is -1.42. The van der Waals surface area contributed by atoms with E-state index in [1.54, 1.807) is 0 Å². The second-order valence-electron chi connectivity index (χ2n) is 3.57. The molecule has 2 rings (SSSR count). The first-order valence-electron chi connectivity index (χ1n) is 4.79. The van der Waals surface area contributed by atoms with Crippen LogP contribution in [0.2, 0.25) is 0 Å². The molecule has 1 aromatic rings. The molecule has 0 aliphatic carbocycles. The van der Waals surface area contributed by atoms with Gasteiger partial charge in [-0.2, -0.15) is 0 Å². The van der Waals surface area contributed by atoms with E-state index < -0.39 is 12.2 Å². The number of aryl methyl sites for hydroxylation is 1. The van der Waals surface area contributed by atoms with Crippen LogP contribution in [0, 0.1) is 5.82 Å². The Bertz CT molecular complexity index is 378. The van der Waals surface area contributed by atoms with Gasteiger partial charge in [-0.05, 0) is 36.6 Å². The lowest BCUT2D eigenvalue weighted by molar-refractivity contribution is -0.119. The fraction of sp³-hybridized carbons (Fsp3) is 0.364. The van der Waals surface area contributed by atoms with Crippen molar-refractivity contribution in [2.24, 2.45) is 0 Å². The van der Waals surface area contributed by atoms with Crippen LogP contribution in [0.1, 0.15) is 12.0 Å². The minimum absolute atomic E-state index is 0.299. The van der Waals surface area contributed by atoms with Crippen LogP contribution in [-0.2, 0) is 11.2 Å². The lowest BCUT2D eigenvalue weighted by Crippen LogP contribution is -2.35. The van der Waals surface area contributed by atoms with E-state index in [4.69, 9.17) is 4.74 Å². The summed E-state index contributed by atoms with van der Waals surface area (Å²) in [5, 5.41) is 9.30. The predicted molar refractivity (Wildman–Crippen MR) is 51.2 cm³/mol. The molecule has 3 nitrogen and oxygen atoms in total. The number of halogens is 1. The third-order valence-electron chi connectivity index (χ3n) is 2.52. The number of carbonyl (C=O) groups is 1. The van der Waals surface area contributed by atoms with Gasteiger partial charge in [0.05, 0.1) is 0 Å². The van der Waals surface area contributed by atoms with Crippen molar-refractivity contribution < 1.29 is 19.0 Å². The van der Waals surface area contributed by atoms with Gasteiger partial charge in [0, 0.05) is 0 Å². The van der Waals surface area contributed by atoms with Crippen molar-refractivity contribution in [3.63, 3.8) is 0 Å². The summed E-state index contributed by atoms with van der Waals surface area (Å²) in [4.78, 5) is 10.4. The predicted octanol–water partition coefficient (Wildman–Crippen LogP) is 1.08. The first-order chi connectivity index (χ1) is 7.20. The van der Waals surface area contributed by atoms with Gasteiger partial charge in [-0.3, -0.25) is 0 Å². The summed E-state index contributed by atoms with van der Waals surface area (Å²) in [5.74, 6) is 0.250. The van der Waals surface area contributed by atoms with Gasteiger partial charge in [0.15, 0.2) is 6.29 Å². The second kappa shape index (κ2) is 3.98. The Morgan fingerprint density at radius 2 is 2.40 bits per heavy atom. The Balaban J connectivity index is 2.20. The molecule has 80 valence electrons. The van der Waals surface area contributed by atoms with E-state index in [1.807, 2.05) is 0 Å². The van der Waals surface area contributed by atoms with Crippen LogP contribution in [0.4, 0.5) is 4.39 Å². The molecule has 4 heteroatoms. The zero-order valence-electron chi connectivity index (χ0n) is 8.02. The average molecular weight is 210 g/mol. The molecule has 1 N–H and O–H groups in total. The van der Waals surface area contributed by atoms with Crippen molar-refractivity contribution in [3.05, 3.63) is 29.6 Å². The fourth-order valence-corrected chi connectivity index (χ4v) is 1.71. The van der Waals surface area contributed by atoms with Crippen LogP contribution in [0.15, 0.2) is 18.2 Å². The molecule has 0 aromatic heterocycles. The van der Waals surface area contributed by atoms with E-state index in [0.717, 1.165) is 5.56 Å². The van der Waals surface area contributed by atoms with Crippen LogP contribution in [0.3, 0.4) is 0 Å². The van der Waals surface area contributed by atoms with Gasteiger partial charge in [-0.1, -0.05) is 0 Å². The largest absolute Gasteiger partial charge is 0.487 e. The number of aldehydes is 1. The Kier molecular flexibility index (Phi) is 2.68. The number of aliphatic hydroxyl groups is 1. The van der Waals surface area contributed by atoms with Crippen LogP contribution in [-0.4, -0.2) is 23.6 Å². The van der Waals surface area contributed by atoms with E-state index in [0.29, 0.717) is 24.9 Å². The van der Waals surface area contributed by atoms with Crippen LogP contribution in [0.25, 0.3) is 0 Å². The molecule has 0 amide bonds. The van der Waals surface area contributed by atoms with Crippen LogP contribution >= 0.6 is 0 Å². The maximum atomic E-state index is 12.9. The molecule has 0 unspecified atom stereocenters. The average Bonchev–Trinajstić information content (AvgIpc) is 2.27.